The van der Waals surface area contributed by atoms with Gasteiger partial charge in [0.1, 0.15) is 0 Å². The van der Waals surface area contributed by atoms with Gasteiger partial charge in [0.05, 0.1) is 5.00 Å². The van der Waals surface area contributed by atoms with E-state index in [9.17, 15) is 4.79 Å². The fourth-order valence-corrected chi connectivity index (χ4v) is 5.31. The van der Waals surface area contributed by atoms with Gasteiger partial charge in [0.2, 0.25) is 6.41 Å². The van der Waals surface area contributed by atoms with Crippen LogP contribution >= 0.6 is 11.3 Å². The highest BCUT2D eigenvalue weighted by Gasteiger charge is 2.25. The first-order valence-corrected chi connectivity index (χ1v) is 10.5. The molecule has 1 aromatic heterocycles. The number of likely N-dealkylation sites (tertiary alicyclic amines) is 1. The highest BCUT2D eigenvalue weighted by atomic mass is 32.1. The monoisotopic (exact) mass is 378 g/mol. The summed E-state index contributed by atoms with van der Waals surface area (Å²) >= 11 is 1.76. The Morgan fingerprint density at radius 3 is 2.67 bits per heavy atom. The summed E-state index contributed by atoms with van der Waals surface area (Å²) in [6.07, 6.45) is 7.04. The van der Waals surface area contributed by atoms with Crippen LogP contribution in [0.2, 0.25) is 0 Å². The molecule has 140 valence electrons. The Kier molecular flexibility index (Phi) is 5.28. The minimum absolute atomic E-state index is 0.552. The van der Waals surface area contributed by atoms with Crippen molar-refractivity contribution < 1.29 is 4.79 Å². The Bertz CT molecular complexity index is 886. The lowest BCUT2D eigenvalue weighted by Gasteiger charge is -2.27. The molecular weight excluding hydrogens is 352 g/mol. The van der Waals surface area contributed by atoms with Crippen LogP contribution in [0.1, 0.15) is 34.4 Å². The third-order valence-electron chi connectivity index (χ3n) is 5.65. The Morgan fingerprint density at radius 2 is 1.93 bits per heavy atom. The molecule has 2 aromatic rings. The second-order valence-electron chi connectivity index (χ2n) is 7.41. The van der Waals surface area contributed by atoms with Gasteiger partial charge in [0, 0.05) is 24.5 Å². The SMILES string of the molecule is C=CCN(C=O)c1cc2c(s1)CCc1ccccc1C2=C1CCN(C)CC1. The third-order valence-corrected chi connectivity index (χ3v) is 6.89. The van der Waals surface area contributed by atoms with E-state index in [1.165, 1.54) is 27.1 Å². The van der Waals surface area contributed by atoms with Crippen LogP contribution in [-0.2, 0) is 17.6 Å². The molecule has 0 spiro atoms. The van der Waals surface area contributed by atoms with E-state index in [-0.39, 0.29) is 0 Å². The Hall–Kier alpha value is -2.17. The molecule has 1 aliphatic carbocycles. The molecule has 3 nitrogen and oxygen atoms in total. The van der Waals surface area contributed by atoms with E-state index in [1.807, 2.05) is 0 Å². The molecule has 2 heterocycles. The van der Waals surface area contributed by atoms with Gasteiger partial charge in [-0.1, -0.05) is 35.9 Å². The van der Waals surface area contributed by atoms with Crippen molar-refractivity contribution in [2.75, 3.05) is 31.6 Å². The minimum atomic E-state index is 0.552. The minimum Gasteiger partial charge on any atom is -0.306 e. The van der Waals surface area contributed by atoms with Crippen molar-refractivity contribution in [2.45, 2.75) is 25.7 Å². The van der Waals surface area contributed by atoms with Crippen molar-refractivity contribution in [3.05, 3.63) is 70.1 Å². The van der Waals surface area contributed by atoms with Gasteiger partial charge in [-0.2, -0.15) is 0 Å². The smallest absolute Gasteiger partial charge is 0.215 e. The fraction of sp³-hybridized carbons (Fsp3) is 0.348. The van der Waals surface area contributed by atoms with E-state index in [0.29, 0.717) is 6.54 Å². The fourth-order valence-electron chi connectivity index (χ4n) is 4.17. The van der Waals surface area contributed by atoms with Crippen LogP contribution in [0.5, 0.6) is 0 Å². The molecule has 1 amide bonds. The second-order valence-corrected chi connectivity index (χ2v) is 8.52. The van der Waals surface area contributed by atoms with Crippen molar-refractivity contribution in [1.29, 1.82) is 0 Å². The second kappa shape index (κ2) is 7.83. The highest BCUT2D eigenvalue weighted by Crippen LogP contribution is 2.43. The molecule has 1 aliphatic heterocycles. The zero-order valence-electron chi connectivity index (χ0n) is 15.9. The van der Waals surface area contributed by atoms with Crippen molar-refractivity contribution in [2.24, 2.45) is 0 Å². The Labute approximate surface area is 165 Å². The molecule has 0 saturated carbocycles. The van der Waals surface area contributed by atoms with Crippen LogP contribution in [0.25, 0.3) is 5.57 Å². The van der Waals surface area contributed by atoms with Crippen LogP contribution in [0.15, 0.2) is 48.6 Å². The summed E-state index contributed by atoms with van der Waals surface area (Å²) in [6, 6.07) is 11.1. The molecule has 0 bridgehead atoms. The van der Waals surface area contributed by atoms with Gasteiger partial charge in [-0.3, -0.25) is 4.79 Å². The van der Waals surface area contributed by atoms with Crippen molar-refractivity contribution >= 4 is 28.3 Å². The molecular formula is C23H26N2OS. The van der Waals surface area contributed by atoms with Crippen LogP contribution in [0.4, 0.5) is 5.00 Å². The standard InChI is InChI=1S/C23H26N2OS/c1-3-12-25(16-26)22-15-20-21(27-22)9-8-17-6-4-5-7-19(17)23(20)18-10-13-24(2)14-11-18/h3-7,15-16H,1,8-14H2,2H3. The lowest BCUT2D eigenvalue weighted by Crippen LogP contribution is -2.27. The average molecular weight is 379 g/mol. The predicted molar refractivity (Wildman–Crippen MR) is 115 cm³/mol. The number of rotatable bonds is 4. The van der Waals surface area contributed by atoms with E-state index in [4.69, 9.17) is 0 Å². The molecule has 1 aromatic carbocycles. The molecule has 2 aliphatic rings. The summed E-state index contributed by atoms with van der Waals surface area (Å²) in [7, 11) is 2.20. The van der Waals surface area contributed by atoms with Gasteiger partial charge in [0.25, 0.3) is 0 Å². The molecule has 0 unspecified atom stereocenters. The number of carbonyl (C=O) groups is 1. The zero-order valence-corrected chi connectivity index (χ0v) is 16.7. The van der Waals surface area contributed by atoms with Gasteiger partial charge in [-0.05, 0) is 61.1 Å². The van der Waals surface area contributed by atoms with Crippen molar-refractivity contribution in [1.82, 2.24) is 4.90 Å². The lowest BCUT2D eigenvalue weighted by atomic mass is 9.88. The molecule has 0 atom stereocenters. The van der Waals surface area contributed by atoms with Gasteiger partial charge in [-0.25, -0.2) is 0 Å². The Balaban J connectivity index is 1.86. The number of hydrogen-bond acceptors (Lipinski definition) is 3. The number of fused-ring (bicyclic) bond motifs is 2. The number of piperidine rings is 1. The third kappa shape index (κ3) is 3.52. The summed E-state index contributed by atoms with van der Waals surface area (Å²) in [5.41, 5.74) is 7.17. The maximum atomic E-state index is 11.6. The summed E-state index contributed by atoms with van der Waals surface area (Å²) in [5.74, 6) is 0. The normalized spacial score (nSPS) is 17.1. The number of nitrogens with zero attached hydrogens (tertiary/aromatic N) is 2. The lowest BCUT2D eigenvalue weighted by molar-refractivity contribution is -0.107. The summed E-state index contributed by atoms with van der Waals surface area (Å²) in [4.78, 5) is 17.1. The largest absolute Gasteiger partial charge is 0.306 e. The first-order valence-electron chi connectivity index (χ1n) is 9.66. The van der Waals surface area contributed by atoms with Gasteiger partial charge in [-0.15, -0.1) is 17.9 Å². The number of carbonyl (C=O) groups excluding carboxylic acids is 1. The van der Waals surface area contributed by atoms with Crippen molar-refractivity contribution in [3.63, 3.8) is 0 Å². The maximum absolute atomic E-state index is 11.6. The van der Waals surface area contributed by atoms with Gasteiger partial charge < -0.3 is 9.80 Å². The molecule has 1 fully saturated rings. The summed E-state index contributed by atoms with van der Waals surface area (Å²) < 4.78 is 0. The molecule has 4 heteroatoms. The molecule has 27 heavy (non-hydrogen) atoms. The van der Waals surface area contributed by atoms with Crippen LogP contribution in [0.3, 0.4) is 0 Å². The van der Waals surface area contributed by atoms with E-state index >= 15 is 0 Å². The molecule has 4 rings (SSSR count). The van der Waals surface area contributed by atoms with Crippen LogP contribution in [0, 0.1) is 0 Å². The predicted octanol–water partition coefficient (Wildman–Crippen LogP) is 4.52. The topological polar surface area (TPSA) is 23.6 Å². The molecule has 0 N–H and O–H groups in total. The average Bonchev–Trinajstić information content (AvgIpc) is 3.04. The van der Waals surface area contributed by atoms with Crippen LogP contribution in [-0.4, -0.2) is 38.0 Å². The van der Waals surface area contributed by atoms with E-state index in [1.54, 1.807) is 27.9 Å². The van der Waals surface area contributed by atoms with Gasteiger partial charge in [0.15, 0.2) is 0 Å². The van der Waals surface area contributed by atoms with E-state index < -0.39 is 0 Å². The van der Waals surface area contributed by atoms with Gasteiger partial charge >= 0.3 is 0 Å². The quantitative estimate of drug-likeness (QED) is 0.577. The first-order chi connectivity index (χ1) is 13.2. The highest BCUT2D eigenvalue weighted by molar-refractivity contribution is 7.16. The van der Waals surface area contributed by atoms with Crippen molar-refractivity contribution in [3.8, 4) is 0 Å². The van der Waals surface area contributed by atoms with E-state index in [0.717, 1.165) is 50.2 Å². The number of hydrogen-bond donors (Lipinski definition) is 0. The maximum Gasteiger partial charge on any atom is 0.215 e. The van der Waals surface area contributed by atoms with E-state index in [2.05, 4.69) is 48.9 Å². The number of aryl methyl sites for hydroxylation is 2. The number of benzene rings is 1. The zero-order chi connectivity index (χ0) is 18.8. The summed E-state index contributed by atoms with van der Waals surface area (Å²) in [6.45, 7) is 6.57. The number of thiophene rings is 1. The number of amides is 1. The summed E-state index contributed by atoms with van der Waals surface area (Å²) in [5, 5.41) is 1.03. The Morgan fingerprint density at radius 1 is 1.15 bits per heavy atom. The molecule has 1 saturated heterocycles. The van der Waals surface area contributed by atoms with Crippen LogP contribution < -0.4 is 4.90 Å². The first kappa shape index (κ1) is 18.2. The molecule has 0 radical (unpaired) electrons. The number of anilines is 1.